The average Bonchev–Trinajstić information content (AvgIpc) is 3.32. The molecule has 1 unspecified atom stereocenters. The van der Waals surface area contributed by atoms with Crippen molar-refractivity contribution in [3.05, 3.63) is 0 Å². The molecule has 4 rings (SSSR count). The Labute approximate surface area is 146 Å². The monoisotopic (exact) mass is 335 g/mol. The second-order valence-corrected chi connectivity index (χ2v) is 8.35. The van der Waals surface area contributed by atoms with Crippen LogP contribution in [0.2, 0.25) is 0 Å². The van der Waals surface area contributed by atoms with Crippen LogP contribution in [0.1, 0.15) is 44.9 Å². The van der Waals surface area contributed by atoms with Crippen molar-refractivity contribution in [1.82, 2.24) is 14.7 Å². The van der Waals surface area contributed by atoms with Crippen LogP contribution in [-0.2, 0) is 9.53 Å². The minimum absolute atomic E-state index is 0.180. The van der Waals surface area contributed by atoms with Gasteiger partial charge in [-0.1, -0.05) is 0 Å². The first-order valence-electron chi connectivity index (χ1n) is 10.1. The predicted molar refractivity (Wildman–Crippen MR) is 94.0 cm³/mol. The largest absolute Gasteiger partial charge is 0.381 e. The first-order chi connectivity index (χ1) is 11.8. The van der Waals surface area contributed by atoms with E-state index in [1.54, 1.807) is 0 Å². The fraction of sp³-hybridized carbons (Fsp3) is 0.947. The van der Waals surface area contributed by atoms with Crippen LogP contribution in [0.5, 0.6) is 0 Å². The number of ether oxygens (including phenoxy) is 1. The molecule has 0 aromatic heterocycles. The molecule has 0 N–H and O–H groups in total. The van der Waals surface area contributed by atoms with Crippen molar-refractivity contribution in [2.75, 3.05) is 59.0 Å². The molecule has 4 heterocycles. The minimum atomic E-state index is 0.180. The first-order valence-corrected chi connectivity index (χ1v) is 10.1. The van der Waals surface area contributed by atoms with E-state index >= 15 is 0 Å². The van der Waals surface area contributed by atoms with Gasteiger partial charge in [-0.25, -0.2) is 0 Å². The van der Waals surface area contributed by atoms with Gasteiger partial charge in [-0.05, 0) is 57.5 Å². The third-order valence-electron chi connectivity index (χ3n) is 6.84. The summed E-state index contributed by atoms with van der Waals surface area (Å²) in [4.78, 5) is 19.9. The van der Waals surface area contributed by atoms with Crippen LogP contribution in [0.3, 0.4) is 0 Å². The predicted octanol–water partition coefficient (Wildman–Crippen LogP) is 1.58. The van der Waals surface area contributed by atoms with Crippen LogP contribution in [0.4, 0.5) is 0 Å². The van der Waals surface area contributed by atoms with Gasteiger partial charge in [0.2, 0.25) is 5.91 Å². The molecule has 0 saturated carbocycles. The highest BCUT2D eigenvalue weighted by molar-refractivity contribution is 5.79. The molecule has 1 atom stereocenters. The van der Waals surface area contributed by atoms with Gasteiger partial charge < -0.3 is 19.4 Å². The molecule has 0 radical (unpaired) electrons. The van der Waals surface area contributed by atoms with Crippen molar-refractivity contribution in [2.24, 2.45) is 5.92 Å². The number of hydrogen-bond acceptors (Lipinski definition) is 4. The quantitative estimate of drug-likeness (QED) is 0.764. The molecule has 0 aromatic carbocycles. The fourth-order valence-electron chi connectivity index (χ4n) is 5.25. The normalized spacial score (nSPS) is 31.6. The number of amides is 1. The summed E-state index contributed by atoms with van der Waals surface area (Å²) >= 11 is 0. The molecule has 24 heavy (non-hydrogen) atoms. The van der Waals surface area contributed by atoms with Crippen molar-refractivity contribution < 1.29 is 9.53 Å². The molecule has 0 bridgehead atoms. The van der Waals surface area contributed by atoms with E-state index in [4.69, 9.17) is 4.74 Å². The van der Waals surface area contributed by atoms with Gasteiger partial charge in [-0.15, -0.1) is 0 Å². The van der Waals surface area contributed by atoms with Crippen molar-refractivity contribution >= 4 is 5.91 Å². The molecule has 136 valence electrons. The van der Waals surface area contributed by atoms with Crippen molar-refractivity contribution in [1.29, 1.82) is 0 Å². The molecule has 1 amide bonds. The number of carbonyl (C=O) groups excluding carboxylic acids is 1. The summed E-state index contributed by atoms with van der Waals surface area (Å²) in [6.45, 7) is 9.89. The lowest BCUT2D eigenvalue weighted by Crippen LogP contribution is -2.55. The summed E-state index contributed by atoms with van der Waals surface area (Å²) in [5.74, 6) is 1.14. The van der Waals surface area contributed by atoms with Crippen molar-refractivity contribution in [2.45, 2.75) is 50.5 Å². The molecule has 0 aromatic rings. The van der Waals surface area contributed by atoms with Crippen LogP contribution < -0.4 is 0 Å². The number of piperidine rings is 1. The highest BCUT2D eigenvalue weighted by atomic mass is 16.5. The van der Waals surface area contributed by atoms with E-state index in [0.29, 0.717) is 5.91 Å². The van der Waals surface area contributed by atoms with Crippen LogP contribution in [0.15, 0.2) is 0 Å². The van der Waals surface area contributed by atoms with Gasteiger partial charge in [-0.2, -0.15) is 0 Å². The Morgan fingerprint density at radius 3 is 2.50 bits per heavy atom. The SMILES string of the molecule is O=C1CCC2(CCN(CC3CCOC3)CC2)N1CCN1CCCC1. The number of likely N-dealkylation sites (tertiary alicyclic amines) is 3. The van der Waals surface area contributed by atoms with Gasteiger partial charge in [-0.3, -0.25) is 4.79 Å². The van der Waals surface area contributed by atoms with E-state index in [2.05, 4.69) is 14.7 Å². The van der Waals surface area contributed by atoms with Gasteiger partial charge in [0.25, 0.3) is 0 Å². The topological polar surface area (TPSA) is 36.0 Å². The number of rotatable bonds is 5. The van der Waals surface area contributed by atoms with Crippen LogP contribution in [-0.4, -0.2) is 85.2 Å². The second-order valence-electron chi connectivity index (χ2n) is 8.35. The molecule has 4 aliphatic rings. The highest BCUT2D eigenvalue weighted by Crippen LogP contribution is 2.39. The maximum atomic E-state index is 12.5. The van der Waals surface area contributed by atoms with Crippen LogP contribution >= 0.6 is 0 Å². The molecule has 4 aliphatic heterocycles. The Balaban J connectivity index is 1.30. The molecule has 5 nitrogen and oxygen atoms in total. The Hall–Kier alpha value is -0.650. The van der Waals surface area contributed by atoms with E-state index in [1.165, 1.54) is 51.7 Å². The molecular formula is C19H33N3O2. The minimum Gasteiger partial charge on any atom is -0.381 e. The Bertz CT molecular complexity index is 436. The van der Waals surface area contributed by atoms with Crippen LogP contribution in [0.25, 0.3) is 0 Å². The number of hydrogen-bond donors (Lipinski definition) is 0. The maximum absolute atomic E-state index is 12.5. The molecule has 5 heteroatoms. The van der Waals surface area contributed by atoms with Gasteiger partial charge in [0.15, 0.2) is 0 Å². The summed E-state index contributed by atoms with van der Waals surface area (Å²) in [5, 5.41) is 0. The van der Waals surface area contributed by atoms with Crippen molar-refractivity contribution in [3.8, 4) is 0 Å². The van der Waals surface area contributed by atoms with Crippen molar-refractivity contribution in [3.63, 3.8) is 0 Å². The molecule has 4 fully saturated rings. The lowest BCUT2D eigenvalue weighted by Gasteiger charge is -2.45. The van der Waals surface area contributed by atoms with E-state index < -0.39 is 0 Å². The smallest absolute Gasteiger partial charge is 0.223 e. The Morgan fingerprint density at radius 2 is 1.79 bits per heavy atom. The van der Waals surface area contributed by atoms with E-state index in [9.17, 15) is 4.79 Å². The van der Waals surface area contributed by atoms with Gasteiger partial charge >= 0.3 is 0 Å². The van der Waals surface area contributed by atoms with E-state index in [0.717, 1.165) is 58.2 Å². The van der Waals surface area contributed by atoms with E-state index in [-0.39, 0.29) is 5.54 Å². The summed E-state index contributed by atoms with van der Waals surface area (Å²) in [5.41, 5.74) is 0.180. The first kappa shape index (κ1) is 16.8. The standard InChI is InChI=1S/C19H33N3O2/c23-18-3-5-19(22(18)13-12-20-8-1-2-9-20)6-10-21(11-7-19)15-17-4-14-24-16-17/h17H,1-16H2. The maximum Gasteiger partial charge on any atom is 0.223 e. The zero-order chi connectivity index (χ0) is 16.4. The summed E-state index contributed by atoms with van der Waals surface area (Å²) in [6, 6.07) is 0. The Kier molecular flexibility index (Phi) is 5.11. The lowest BCUT2D eigenvalue weighted by atomic mass is 9.84. The molecule has 1 spiro atoms. The summed E-state index contributed by atoms with van der Waals surface area (Å²) in [6.07, 6.45) is 8.10. The third kappa shape index (κ3) is 3.49. The average molecular weight is 335 g/mol. The zero-order valence-corrected chi connectivity index (χ0v) is 15.0. The molecular weight excluding hydrogens is 302 g/mol. The van der Waals surface area contributed by atoms with E-state index in [1.807, 2.05) is 0 Å². The Morgan fingerprint density at radius 1 is 1.00 bits per heavy atom. The third-order valence-corrected chi connectivity index (χ3v) is 6.84. The molecule has 0 aliphatic carbocycles. The van der Waals surface area contributed by atoms with Gasteiger partial charge in [0.1, 0.15) is 0 Å². The van der Waals surface area contributed by atoms with Crippen LogP contribution in [0, 0.1) is 5.92 Å². The zero-order valence-electron chi connectivity index (χ0n) is 15.0. The summed E-state index contributed by atoms with van der Waals surface area (Å²) < 4.78 is 5.52. The number of carbonyl (C=O) groups is 1. The van der Waals surface area contributed by atoms with Gasteiger partial charge in [0.05, 0.1) is 6.61 Å². The molecule has 4 saturated heterocycles. The second kappa shape index (κ2) is 7.30. The summed E-state index contributed by atoms with van der Waals surface area (Å²) in [7, 11) is 0. The fourth-order valence-corrected chi connectivity index (χ4v) is 5.25. The van der Waals surface area contributed by atoms with Gasteiger partial charge in [0, 0.05) is 51.3 Å². The lowest BCUT2D eigenvalue weighted by molar-refractivity contribution is -0.132. The number of nitrogens with zero attached hydrogens (tertiary/aromatic N) is 3. The highest BCUT2D eigenvalue weighted by Gasteiger charge is 2.46.